The fraction of sp³-hybridized carbons (Fsp3) is 0.400. The summed E-state index contributed by atoms with van der Waals surface area (Å²) in [5.74, 6) is -1.44. The van der Waals surface area contributed by atoms with Gasteiger partial charge in [0.15, 0.2) is 5.78 Å². The highest BCUT2D eigenvalue weighted by atomic mass is 35.5. The molecule has 7 nitrogen and oxygen atoms in total. The Morgan fingerprint density at radius 1 is 1.00 bits per heavy atom. The molecule has 0 saturated carbocycles. The SMILES string of the molecule is CCC(C)[C@H](NC(=O)c1cccc(CN)c1)C(=O)N[C@@H](CCc1ccccc1)C(=O)CO.Cl. The van der Waals surface area contributed by atoms with E-state index < -0.39 is 30.4 Å². The van der Waals surface area contributed by atoms with Crippen LogP contribution in [-0.2, 0) is 22.6 Å². The molecule has 33 heavy (non-hydrogen) atoms. The van der Waals surface area contributed by atoms with Crippen molar-refractivity contribution in [3.05, 3.63) is 71.3 Å². The molecule has 0 bridgehead atoms. The number of nitrogens with one attached hydrogen (secondary N) is 2. The molecule has 2 aromatic rings. The first-order valence-electron chi connectivity index (χ1n) is 11.0. The van der Waals surface area contributed by atoms with Crippen molar-refractivity contribution in [2.75, 3.05) is 6.61 Å². The molecule has 0 saturated heterocycles. The fourth-order valence-corrected chi connectivity index (χ4v) is 3.41. The normalized spacial score (nSPS) is 13.2. The van der Waals surface area contributed by atoms with Gasteiger partial charge in [-0.1, -0.05) is 62.7 Å². The summed E-state index contributed by atoms with van der Waals surface area (Å²) in [6.45, 7) is 3.44. The Balaban J connectivity index is 0.00000544. The lowest BCUT2D eigenvalue weighted by Crippen LogP contribution is -2.54. The molecule has 0 fully saturated rings. The van der Waals surface area contributed by atoms with Crippen LogP contribution in [0.3, 0.4) is 0 Å². The number of halogens is 1. The summed E-state index contributed by atoms with van der Waals surface area (Å²) in [5.41, 5.74) is 7.92. The summed E-state index contributed by atoms with van der Waals surface area (Å²) < 4.78 is 0. The Labute approximate surface area is 201 Å². The maximum atomic E-state index is 13.1. The summed E-state index contributed by atoms with van der Waals surface area (Å²) >= 11 is 0. The number of aliphatic hydroxyl groups excluding tert-OH is 1. The fourth-order valence-electron chi connectivity index (χ4n) is 3.41. The maximum absolute atomic E-state index is 13.1. The number of aliphatic hydroxyl groups is 1. The molecule has 1 unspecified atom stereocenters. The van der Waals surface area contributed by atoms with Gasteiger partial charge in [0.25, 0.3) is 5.91 Å². The highest BCUT2D eigenvalue weighted by Crippen LogP contribution is 2.12. The Morgan fingerprint density at radius 3 is 2.27 bits per heavy atom. The molecular formula is C25H34ClN3O4. The summed E-state index contributed by atoms with van der Waals surface area (Å²) in [4.78, 5) is 38.2. The van der Waals surface area contributed by atoms with Crippen molar-refractivity contribution in [1.82, 2.24) is 10.6 Å². The highest BCUT2D eigenvalue weighted by Gasteiger charge is 2.29. The maximum Gasteiger partial charge on any atom is 0.251 e. The third kappa shape index (κ3) is 8.61. The van der Waals surface area contributed by atoms with Crippen molar-refractivity contribution in [2.45, 2.75) is 51.7 Å². The molecule has 2 amide bonds. The zero-order valence-electron chi connectivity index (χ0n) is 19.1. The van der Waals surface area contributed by atoms with E-state index in [1.807, 2.05) is 50.2 Å². The summed E-state index contributed by atoms with van der Waals surface area (Å²) in [7, 11) is 0. The van der Waals surface area contributed by atoms with Gasteiger partial charge in [0.2, 0.25) is 5.91 Å². The minimum atomic E-state index is -0.836. The summed E-state index contributed by atoms with van der Waals surface area (Å²) in [6.07, 6.45) is 1.59. The van der Waals surface area contributed by atoms with Crippen LogP contribution < -0.4 is 16.4 Å². The van der Waals surface area contributed by atoms with Crippen LogP contribution in [0.25, 0.3) is 0 Å². The number of benzene rings is 2. The van der Waals surface area contributed by atoms with E-state index in [1.165, 1.54) is 0 Å². The number of carbonyl (C=O) groups excluding carboxylic acids is 3. The Bertz CT molecular complexity index is 908. The minimum Gasteiger partial charge on any atom is -0.389 e. The highest BCUT2D eigenvalue weighted by molar-refractivity contribution is 5.98. The lowest BCUT2D eigenvalue weighted by atomic mass is 9.96. The predicted molar refractivity (Wildman–Crippen MR) is 131 cm³/mol. The van der Waals surface area contributed by atoms with E-state index in [-0.39, 0.29) is 24.2 Å². The molecule has 0 aliphatic rings. The molecule has 2 rings (SSSR count). The van der Waals surface area contributed by atoms with E-state index in [0.29, 0.717) is 31.4 Å². The summed E-state index contributed by atoms with van der Waals surface area (Å²) in [5, 5.41) is 14.9. The summed E-state index contributed by atoms with van der Waals surface area (Å²) in [6, 6.07) is 14.9. The number of aryl methyl sites for hydroxylation is 1. The minimum absolute atomic E-state index is 0. The van der Waals surface area contributed by atoms with Crippen LogP contribution in [0.15, 0.2) is 54.6 Å². The molecule has 0 aliphatic carbocycles. The number of rotatable bonds is 12. The average Bonchev–Trinajstić information content (AvgIpc) is 2.84. The third-order valence-electron chi connectivity index (χ3n) is 5.63. The first-order valence-corrected chi connectivity index (χ1v) is 11.0. The van der Waals surface area contributed by atoms with Crippen LogP contribution in [0.4, 0.5) is 0 Å². The van der Waals surface area contributed by atoms with Crippen LogP contribution in [-0.4, -0.2) is 41.4 Å². The number of nitrogens with two attached hydrogens (primary N) is 1. The van der Waals surface area contributed by atoms with Crippen molar-refractivity contribution in [1.29, 1.82) is 0 Å². The molecule has 5 N–H and O–H groups in total. The number of hydrogen-bond acceptors (Lipinski definition) is 5. The van der Waals surface area contributed by atoms with Crippen molar-refractivity contribution in [3.63, 3.8) is 0 Å². The topological polar surface area (TPSA) is 122 Å². The standard InChI is InChI=1S/C25H33N3O4.ClH/c1-3-17(2)23(28-24(31)20-11-7-10-19(14-20)15-26)25(32)27-21(22(30)16-29)13-12-18-8-5-4-6-9-18;/h4-11,14,17,21,23,29H,3,12-13,15-16,26H2,1-2H3,(H,27,32)(H,28,31);1H/t17?,21-,23-;/m0./s1. The van der Waals surface area contributed by atoms with Crippen molar-refractivity contribution in [3.8, 4) is 0 Å². The molecule has 0 radical (unpaired) electrons. The van der Waals surface area contributed by atoms with Gasteiger partial charge in [0, 0.05) is 12.1 Å². The van der Waals surface area contributed by atoms with E-state index in [0.717, 1.165) is 11.1 Å². The van der Waals surface area contributed by atoms with E-state index in [1.54, 1.807) is 18.2 Å². The lowest BCUT2D eigenvalue weighted by Gasteiger charge is -2.26. The molecule has 2 aromatic carbocycles. The first kappa shape index (κ1) is 28.3. The van der Waals surface area contributed by atoms with Gasteiger partial charge in [-0.15, -0.1) is 12.4 Å². The quantitative estimate of drug-likeness (QED) is 0.375. The molecule has 0 aromatic heterocycles. The molecule has 0 spiro atoms. The van der Waals surface area contributed by atoms with Crippen molar-refractivity contribution >= 4 is 30.0 Å². The molecule has 8 heteroatoms. The number of hydrogen-bond donors (Lipinski definition) is 4. The Kier molecular flexibility index (Phi) is 12.4. The Hall–Kier alpha value is -2.74. The van der Waals surface area contributed by atoms with Crippen LogP contribution in [0, 0.1) is 5.92 Å². The van der Waals surface area contributed by atoms with Gasteiger partial charge >= 0.3 is 0 Å². The van der Waals surface area contributed by atoms with Gasteiger partial charge in [-0.05, 0) is 42.0 Å². The largest absolute Gasteiger partial charge is 0.389 e. The molecular weight excluding hydrogens is 442 g/mol. The van der Waals surface area contributed by atoms with Crippen LogP contribution >= 0.6 is 12.4 Å². The average molecular weight is 476 g/mol. The van der Waals surface area contributed by atoms with Gasteiger partial charge in [-0.3, -0.25) is 14.4 Å². The van der Waals surface area contributed by atoms with Gasteiger partial charge in [-0.2, -0.15) is 0 Å². The van der Waals surface area contributed by atoms with Crippen molar-refractivity contribution < 1.29 is 19.5 Å². The molecule has 0 heterocycles. The van der Waals surface area contributed by atoms with E-state index in [9.17, 15) is 19.5 Å². The van der Waals surface area contributed by atoms with Gasteiger partial charge in [0.1, 0.15) is 12.6 Å². The monoisotopic (exact) mass is 475 g/mol. The lowest BCUT2D eigenvalue weighted by molar-refractivity contribution is -0.131. The number of Topliss-reactive ketones (excluding diaryl/α,β-unsaturated/α-hetero) is 1. The van der Waals surface area contributed by atoms with Gasteiger partial charge in [0.05, 0.1) is 6.04 Å². The molecule has 180 valence electrons. The molecule has 0 aliphatic heterocycles. The second kappa shape index (κ2) is 14.4. The zero-order chi connectivity index (χ0) is 23.5. The predicted octanol–water partition coefficient (Wildman–Crippen LogP) is 2.39. The van der Waals surface area contributed by atoms with Gasteiger partial charge in [-0.25, -0.2) is 0 Å². The first-order chi connectivity index (χ1) is 15.4. The Morgan fingerprint density at radius 2 is 1.67 bits per heavy atom. The van der Waals surface area contributed by atoms with Crippen LogP contribution in [0.5, 0.6) is 0 Å². The van der Waals surface area contributed by atoms with E-state index in [4.69, 9.17) is 5.73 Å². The second-order valence-electron chi connectivity index (χ2n) is 7.95. The van der Waals surface area contributed by atoms with Crippen LogP contribution in [0.2, 0.25) is 0 Å². The third-order valence-corrected chi connectivity index (χ3v) is 5.63. The number of amides is 2. The van der Waals surface area contributed by atoms with Gasteiger partial charge < -0.3 is 21.5 Å². The molecule has 3 atom stereocenters. The zero-order valence-corrected chi connectivity index (χ0v) is 19.9. The van der Waals surface area contributed by atoms with Crippen LogP contribution in [0.1, 0.15) is 48.2 Å². The van der Waals surface area contributed by atoms with E-state index in [2.05, 4.69) is 10.6 Å². The number of ketones is 1. The second-order valence-corrected chi connectivity index (χ2v) is 7.95. The van der Waals surface area contributed by atoms with Crippen molar-refractivity contribution in [2.24, 2.45) is 11.7 Å². The smallest absolute Gasteiger partial charge is 0.251 e. The number of carbonyl (C=O) groups is 3. The van der Waals surface area contributed by atoms with E-state index >= 15 is 0 Å².